The standard InChI is InChI=1S/C22H20N2O3/c25-22(23-12-6-9-16-7-2-1-3-8-16)15-18-14-21(27-24-18)20-13-17-10-4-5-11-19(17)26-20/h1-5,7-8,10-11,13-14H,6,9,12,15H2,(H,23,25). The highest BCUT2D eigenvalue weighted by molar-refractivity contribution is 5.82. The lowest BCUT2D eigenvalue weighted by Crippen LogP contribution is -2.26. The summed E-state index contributed by atoms with van der Waals surface area (Å²) in [5.41, 5.74) is 2.66. The molecule has 5 nitrogen and oxygen atoms in total. The predicted molar refractivity (Wildman–Crippen MR) is 103 cm³/mol. The summed E-state index contributed by atoms with van der Waals surface area (Å²) in [6.07, 6.45) is 2.04. The SMILES string of the molecule is O=C(Cc1cc(-c2cc3ccccc3o2)on1)NCCCc1ccccc1. The van der Waals surface area contributed by atoms with Crippen LogP contribution >= 0.6 is 0 Å². The first-order valence-electron chi connectivity index (χ1n) is 9.03. The van der Waals surface area contributed by atoms with Crippen LogP contribution < -0.4 is 5.32 Å². The van der Waals surface area contributed by atoms with Gasteiger partial charge in [0.1, 0.15) is 5.58 Å². The van der Waals surface area contributed by atoms with Crippen molar-refractivity contribution in [1.82, 2.24) is 10.5 Å². The summed E-state index contributed by atoms with van der Waals surface area (Å²) in [7, 11) is 0. The second-order valence-corrected chi connectivity index (χ2v) is 6.45. The molecule has 2 aromatic heterocycles. The van der Waals surface area contributed by atoms with E-state index in [0.717, 1.165) is 23.8 Å². The molecule has 0 radical (unpaired) electrons. The molecule has 1 amide bonds. The Hall–Kier alpha value is -3.34. The molecule has 0 saturated heterocycles. The molecule has 5 heteroatoms. The number of hydrogen-bond donors (Lipinski definition) is 1. The largest absolute Gasteiger partial charge is 0.453 e. The summed E-state index contributed by atoms with van der Waals surface area (Å²) in [4.78, 5) is 12.1. The molecule has 2 aromatic carbocycles. The Labute approximate surface area is 157 Å². The molecule has 0 spiro atoms. The average Bonchev–Trinajstić information content (AvgIpc) is 3.32. The van der Waals surface area contributed by atoms with Crippen molar-refractivity contribution >= 4 is 16.9 Å². The fourth-order valence-electron chi connectivity index (χ4n) is 3.01. The number of furan rings is 1. The molecule has 4 rings (SSSR count). The van der Waals surface area contributed by atoms with Crippen LogP contribution in [0, 0.1) is 0 Å². The molecule has 0 fully saturated rings. The van der Waals surface area contributed by atoms with Crippen molar-refractivity contribution in [1.29, 1.82) is 0 Å². The van der Waals surface area contributed by atoms with Crippen LogP contribution in [0.3, 0.4) is 0 Å². The van der Waals surface area contributed by atoms with Crippen LogP contribution in [-0.2, 0) is 17.6 Å². The minimum absolute atomic E-state index is 0.0625. The van der Waals surface area contributed by atoms with E-state index >= 15 is 0 Å². The first kappa shape index (κ1) is 17.1. The number of aromatic nitrogens is 1. The van der Waals surface area contributed by atoms with Crippen LogP contribution in [-0.4, -0.2) is 17.6 Å². The number of nitrogens with zero attached hydrogens (tertiary/aromatic N) is 1. The van der Waals surface area contributed by atoms with Gasteiger partial charge in [-0.25, -0.2) is 0 Å². The molecule has 0 atom stereocenters. The topological polar surface area (TPSA) is 68.3 Å². The van der Waals surface area contributed by atoms with Crippen molar-refractivity contribution in [3.8, 4) is 11.5 Å². The average molecular weight is 360 g/mol. The molecule has 136 valence electrons. The molecule has 4 aromatic rings. The van der Waals surface area contributed by atoms with Crippen molar-refractivity contribution in [3.05, 3.63) is 78.0 Å². The van der Waals surface area contributed by atoms with Crippen molar-refractivity contribution in [2.24, 2.45) is 0 Å². The second-order valence-electron chi connectivity index (χ2n) is 6.45. The zero-order valence-corrected chi connectivity index (χ0v) is 14.9. The zero-order valence-electron chi connectivity index (χ0n) is 14.9. The molecule has 2 heterocycles. The van der Waals surface area contributed by atoms with Gasteiger partial charge >= 0.3 is 0 Å². The van der Waals surface area contributed by atoms with E-state index < -0.39 is 0 Å². The number of carbonyl (C=O) groups is 1. The number of rotatable bonds is 7. The molecule has 0 aliphatic heterocycles. The predicted octanol–water partition coefficient (Wildman–Crippen LogP) is 4.38. The van der Waals surface area contributed by atoms with Gasteiger partial charge in [0.15, 0.2) is 5.76 Å². The van der Waals surface area contributed by atoms with Crippen LogP contribution in [0.2, 0.25) is 0 Å². The van der Waals surface area contributed by atoms with Gasteiger partial charge in [0.05, 0.1) is 12.1 Å². The Morgan fingerprint density at radius 2 is 1.78 bits per heavy atom. The summed E-state index contributed by atoms with van der Waals surface area (Å²) in [5.74, 6) is 1.07. The van der Waals surface area contributed by atoms with Crippen LogP contribution in [0.15, 0.2) is 75.7 Å². The Bertz CT molecular complexity index is 1000. The van der Waals surface area contributed by atoms with Crippen molar-refractivity contribution in [3.63, 3.8) is 0 Å². The van der Waals surface area contributed by atoms with Gasteiger partial charge in [0.25, 0.3) is 0 Å². The second kappa shape index (κ2) is 7.91. The van der Waals surface area contributed by atoms with E-state index in [1.54, 1.807) is 6.07 Å². The lowest BCUT2D eigenvalue weighted by molar-refractivity contribution is -0.120. The van der Waals surface area contributed by atoms with E-state index in [4.69, 9.17) is 8.94 Å². The van der Waals surface area contributed by atoms with E-state index in [-0.39, 0.29) is 12.3 Å². The quantitative estimate of drug-likeness (QED) is 0.497. The first-order chi connectivity index (χ1) is 13.3. The normalized spacial score (nSPS) is 11.0. The number of benzene rings is 2. The molecule has 0 aliphatic carbocycles. The molecule has 0 aliphatic rings. The molecule has 1 N–H and O–H groups in total. The number of aryl methyl sites for hydroxylation is 1. The molecular weight excluding hydrogens is 340 g/mol. The third kappa shape index (κ3) is 4.26. The molecular formula is C22H20N2O3. The van der Waals surface area contributed by atoms with E-state index in [2.05, 4.69) is 22.6 Å². The monoisotopic (exact) mass is 360 g/mol. The van der Waals surface area contributed by atoms with Crippen LogP contribution in [0.4, 0.5) is 0 Å². The van der Waals surface area contributed by atoms with Gasteiger partial charge in [0.2, 0.25) is 11.7 Å². The number of nitrogens with one attached hydrogen (secondary N) is 1. The highest BCUT2D eigenvalue weighted by Crippen LogP contribution is 2.28. The van der Waals surface area contributed by atoms with Gasteiger partial charge < -0.3 is 14.3 Å². The maximum Gasteiger partial charge on any atom is 0.226 e. The summed E-state index contributed by atoms with van der Waals surface area (Å²) in [6.45, 7) is 0.641. The minimum atomic E-state index is -0.0625. The molecule has 27 heavy (non-hydrogen) atoms. The highest BCUT2D eigenvalue weighted by atomic mass is 16.5. The fourth-order valence-corrected chi connectivity index (χ4v) is 3.01. The summed E-state index contributed by atoms with van der Waals surface area (Å²) < 4.78 is 11.1. The van der Waals surface area contributed by atoms with E-state index in [0.29, 0.717) is 23.8 Å². The van der Waals surface area contributed by atoms with Crippen molar-refractivity contribution in [2.75, 3.05) is 6.54 Å². The number of carbonyl (C=O) groups excluding carboxylic acids is 1. The smallest absolute Gasteiger partial charge is 0.226 e. The lowest BCUT2D eigenvalue weighted by atomic mass is 10.1. The maximum absolute atomic E-state index is 12.1. The van der Waals surface area contributed by atoms with E-state index in [9.17, 15) is 4.79 Å². The van der Waals surface area contributed by atoms with E-state index in [1.165, 1.54) is 5.56 Å². The summed E-state index contributed by atoms with van der Waals surface area (Å²) in [5, 5.41) is 7.91. The van der Waals surface area contributed by atoms with Gasteiger partial charge in [-0.3, -0.25) is 4.79 Å². The Morgan fingerprint density at radius 3 is 2.63 bits per heavy atom. The summed E-state index contributed by atoms with van der Waals surface area (Å²) in [6, 6.07) is 21.7. The number of para-hydroxylation sites is 1. The lowest BCUT2D eigenvalue weighted by Gasteiger charge is -2.04. The molecule has 0 saturated carbocycles. The first-order valence-corrected chi connectivity index (χ1v) is 9.03. The molecule has 0 unspecified atom stereocenters. The van der Waals surface area contributed by atoms with Crippen molar-refractivity contribution in [2.45, 2.75) is 19.3 Å². The van der Waals surface area contributed by atoms with Crippen LogP contribution in [0.5, 0.6) is 0 Å². The Kier molecular flexibility index (Phi) is 5.01. The number of fused-ring (bicyclic) bond motifs is 1. The number of amides is 1. The van der Waals surface area contributed by atoms with E-state index in [1.807, 2.05) is 48.5 Å². The Balaban J connectivity index is 1.29. The van der Waals surface area contributed by atoms with Crippen LogP contribution in [0.1, 0.15) is 17.7 Å². The number of hydrogen-bond acceptors (Lipinski definition) is 4. The van der Waals surface area contributed by atoms with Gasteiger partial charge in [0, 0.05) is 18.0 Å². The maximum atomic E-state index is 12.1. The summed E-state index contributed by atoms with van der Waals surface area (Å²) >= 11 is 0. The fraction of sp³-hybridized carbons (Fsp3) is 0.182. The van der Waals surface area contributed by atoms with Gasteiger partial charge in [-0.2, -0.15) is 0 Å². The zero-order chi connectivity index (χ0) is 18.5. The van der Waals surface area contributed by atoms with Crippen LogP contribution in [0.25, 0.3) is 22.5 Å². The minimum Gasteiger partial charge on any atom is -0.453 e. The third-order valence-electron chi connectivity index (χ3n) is 4.38. The van der Waals surface area contributed by atoms with Gasteiger partial charge in [-0.15, -0.1) is 0 Å². The molecule has 0 bridgehead atoms. The third-order valence-corrected chi connectivity index (χ3v) is 4.38. The highest BCUT2D eigenvalue weighted by Gasteiger charge is 2.14. The Morgan fingerprint density at radius 1 is 0.963 bits per heavy atom. The van der Waals surface area contributed by atoms with Crippen molar-refractivity contribution < 1.29 is 13.7 Å². The van der Waals surface area contributed by atoms with Gasteiger partial charge in [-0.1, -0.05) is 53.7 Å². The van der Waals surface area contributed by atoms with Gasteiger partial charge in [-0.05, 0) is 30.5 Å².